The molecule has 1 saturated heterocycles. The van der Waals surface area contributed by atoms with Gasteiger partial charge in [0.25, 0.3) is 0 Å². The Kier molecular flexibility index (Phi) is 4.77. The monoisotopic (exact) mass is 264 g/mol. The summed E-state index contributed by atoms with van der Waals surface area (Å²) in [6.45, 7) is 7.39. The van der Waals surface area contributed by atoms with Crippen molar-refractivity contribution in [3.05, 3.63) is 23.0 Å². The lowest BCUT2D eigenvalue weighted by Gasteiger charge is -2.31. The second-order valence-corrected chi connectivity index (χ2v) is 5.45. The van der Waals surface area contributed by atoms with Gasteiger partial charge in [0.15, 0.2) is 0 Å². The molecule has 0 unspecified atom stereocenters. The molecule has 4 heteroatoms. The van der Waals surface area contributed by atoms with Gasteiger partial charge in [-0.3, -0.25) is 9.88 Å². The third-order valence-electron chi connectivity index (χ3n) is 4.09. The fourth-order valence-corrected chi connectivity index (χ4v) is 2.77. The zero-order valence-electron chi connectivity index (χ0n) is 12.1. The van der Waals surface area contributed by atoms with Crippen molar-refractivity contribution in [1.82, 2.24) is 9.88 Å². The minimum atomic E-state index is 0.323. The topological polar surface area (TPSA) is 45.6 Å². The molecule has 2 rings (SSSR count). The van der Waals surface area contributed by atoms with Crippen LogP contribution in [-0.4, -0.2) is 41.8 Å². The first-order valence-corrected chi connectivity index (χ1v) is 6.98. The van der Waals surface area contributed by atoms with Gasteiger partial charge in [0.2, 0.25) is 0 Å². The summed E-state index contributed by atoms with van der Waals surface area (Å²) in [4.78, 5) is 6.96. The number of piperidine rings is 1. The van der Waals surface area contributed by atoms with Crippen LogP contribution in [0.25, 0.3) is 0 Å². The first kappa shape index (κ1) is 14.3. The van der Waals surface area contributed by atoms with Crippen LogP contribution >= 0.6 is 0 Å². The van der Waals surface area contributed by atoms with Crippen molar-refractivity contribution in [2.45, 2.75) is 33.2 Å². The van der Waals surface area contributed by atoms with E-state index in [1.54, 1.807) is 7.11 Å². The zero-order chi connectivity index (χ0) is 13.8. The van der Waals surface area contributed by atoms with Gasteiger partial charge >= 0.3 is 0 Å². The lowest BCUT2D eigenvalue weighted by atomic mass is 9.97. The molecule has 1 aliphatic heterocycles. The number of nitrogens with zero attached hydrogens (tertiary/aromatic N) is 2. The third-order valence-corrected chi connectivity index (χ3v) is 4.09. The van der Waals surface area contributed by atoms with Gasteiger partial charge < -0.3 is 9.84 Å². The number of hydrogen-bond acceptors (Lipinski definition) is 4. The molecule has 1 aromatic rings. The maximum Gasteiger partial charge on any atom is 0.128 e. The van der Waals surface area contributed by atoms with Crippen LogP contribution in [0.4, 0.5) is 0 Å². The number of aromatic nitrogens is 1. The van der Waals surface area contributed by atoms with Gasteiger partial charge in [-0.05, 0) is 45.7 Å². The SMILES string of the molecule is COc1c(C)cnc(CN2CCC(CO)CC2)c1C. The Morgan fingerprint density at radius 1 is 1.37 bits per heavy atom. The number of methoxy groups -OCH3 is 1. The van der Waals surface area contributed by atoms with Crippen molar-refractivity contribution >= 4 is 0 Å². The highest BCUT2D eigenvalue weighted by molar-refractivity contribution is 5.41. The summed E-state index contributed by atoms with van der Waals surface area (Å²) in [5.74, 6) is 1.44. The molecule has 19 heavy (non-hydrogen) atoms. The van der Waals surface area contributed by atoms with E-state index in [1.165, 1.54) is 0 Å². The van der Waals surface area contributed by atoms with E-state index >= 15 is 0 Å². The van der Waals surface area contributed by atoms with Crippen molar-refractivity contribution < 1.29 is 9.84 Å². The molecule has 1 aromatic heterocycles. The van der Waals surface area contributed by atoms with Crippen LogP contribution in [0.3, 0.4) is 0 Å². The summed E-state index contributed by atoms with van der Waals surface area (Å²) in [7, 11) is 1.71. The lowest BCUT2D eigenvalue weighted by Crippen LogP contribution is -2.34. The highest BCUT2D eigenvalue weighted by atomic mass is 16.5. The summed E-state index contributed by atoms with van der Waals surface area (Å²) in [5, 5.41) is 9.16. The van der Waals surface area contributed by atoms with Gasteiger partial charge in [0, 0.05) is 30.5 Å². The summed E-state index contributed by atoms with van der Waals surface area (Å²) in [5.41, 5.74) is 3.33. The van der Waals surface area contributed by atoms with Crippen LogP contribution in [0, 0.1) is 19.8 Å². The van der Waals surface area contributed by atoms with Crippen LogP contribution in [0.1, 0.15) is 29.7 Å². The van der Waals surface area contributed by atoms with Crippen LogP contribution in [0.5, 0.6) is 5.75 Å². The molecule has 0 radical (unpaired) electrons. The maximum absolute atomic E-state index is 9.16. The van der Waals surface area contributed by atoms with E-state index in [-0.39, 0.29) is 0 Å². The number of likely N-dealkylation sites (tertiary alicyclic amines) is 1. The average molecular weight is 264 g/mol. The van der Waals surface area contributed by atoms with Crippen LogP contribution in [0.2, 0.25) is 0 Å². The van der Waals surface area contributed by atoms with Gasteiger partial charge in [-0.25, -0.2) is 0 Å². The van der Waals surface area contributed by atoms with Crippen LogP contribution < -0.4 is 4.74 Å². The fourth-order valence-electron chi connectivity index (χ4n) is 2.77. The highest BCUT2D eigenvalue weighted by Gasteiger charge is 2.20. The minimum Gasteiger partial charge on any atom is -0.496 e. The summed E-state index contributed by atoms with van der Waals surface area (Å²) < 4.78 is 5.45. The summed E-state index contributed by atoms with van der Waals surface area (Å²) in [6.07, 6.45) is 4.05. The number of aliphatic hydroxyl groups excluding tert-OH is 1. The molecule has 1 N–H and O–H groups in total. The van der Waals surface area contributed by atoms with Gasteiger partial charge in [-0.15, -0.1) is 0 Å². The van der Waals surface area contributed by atoms with E-state index in [9.17, 15) is 0 Å². The van der Waals surface area contributed by atoms with E-state index in [4.69, 9.17) is 9.84 Å². The Morgan fingerprint density at radius 3 is 2.63 bits per heavy atom. The van der Waals surface area contributed by atoms with Gasteiger partial charge in [-0.2, -0.15) is 0 Å². The molecule has 106 valence electrons. The lowest BCUT2D eigenvalue weighted by molar-refractivity contribution is 0.126. The molecular weight excluding hydrogens is 240 g/mol. The van der Waals surface area contributed by atoms with Crippen molar-refractivity contribution in [1.29, 1.82) is 0 Å². The Bertz CT molecular complexity index is 426. The molecule has 0 spiro atoms. The normalized spacial score (nSPS) is 17.7. The van der Waals surface area contributed by atoms with E-state index < -0.39 is 0 Å². The highest BCUT2D eigenvalue weighted by Crippen LogP contribution is 2.26. The second kappa shape index (κ2) is 6.35. The Balaban J connectivity index is 2.04. The molecule has 0 atom stereocenters. The first-order valence-electron chi connectivity index (χ1n) is 6.98. The molecule has 0 aromatic carbocycles. The van der Waals surface area contributed by atoms with Crippen LogP contribution in [-0.2, 0) is 6.54 Å². The van der Waals surface area contributed by atoms with Crippen molar-refractivity contribution in [2.75, 3.05) is 26.8 Å². The first-order chi connectivity index (χ1) is 9.15. The average Bonchev–Trinajstić information content (AvgIpc) is 2.43. The predicted molar refractivity (Wildman–Crippen MR) is 75.3 cm³/mol. The fraction of sp³-hybridized carbons (Fsp3) is 0.667. The number of aliphatic hydroxyl groups is 1. The number of ether oxygens (including phenoxy) is 1. The van der Waals surface area contributed by atoms with E-state index in [0.717, 1.165) is 55.0 Å². The molecule has 0 amide bonds. The molecule has 1 fully saturated rings. The largest absolute Gasteiger partial charge is 0.496 e. The number of aryl methyl sites for hydroxylation is 1. The number of rotatable bonds is 4. The zero-order valence-corrected chi connectivity index (χ0v) is 12.1. The number of pyridine rings is 1. The minimum absolute atomic E-state index is 0.323. The predicted octanol–water partition coefficient (Wildman–Crippen LogP) is 1.91. The molecule has 1 aliphatic rings. The van der Waals surface area contributed by atoms with E-state index in [2.05, 4.69) is 16.8 Å². The molecule has 0 bridgehead atoms. The molecule has 4 nitrogen and oxygen atoms in total. The molecule has 0 aliphatic carbocycles. The van der Waals surface area contributed by atoms with Gasteiger partial charge in [0.1, 0.15) is 5.75 Å². The standard InChI is InChI=1S/C15H24N2O2/c1-11-8-16-14(12(2)15(11)19-3)9-17-6-4-13(10-18)5-7-17/h8,13,18H,4-7,9-10H2,1-3H3. The van der Waals surface area contributed by atoms with Crippen molar-refractivity contribution in [2.24, 2.45) is 5.92 Å². The number of hydrogen-bond donors (Lipinski definition) is 1. The Labute approximate surface area is 115 Å². The molecular formula is C15H24N2O2. The van der Waals surface area contributed by atoms with E-state index in [1.807, 2.05) is 13.1 Å². The van der Waals surface area contributed by atoms with Gasteiger partial charge in [0.05, 0.1) is 12.8 Å². The second-order valence-electron chi connectivity index (χ2n) is 5.45. The van der Waals surface area contributed by atoms with Gasteiger partial charge in [-0.1, -0.05) is 0 Å². The van der Waals surface area contributed by atoms with Crippen molar-refractivity contribution in [3.63, 3.8) is 0 Å². The Morgan fingerprint density at radius 2 is 2.05 bits per heavy atom. The maximum atomic E-state index is 9.16. The summed E-state index contributed by atoms with van der Waals surface area (Å²) >= 11 is 0. The summed E-state index contributed by atoms with van der Waals surface area (Å²) in [6, 6.07) is 0. The molecule has 0 saturated carbocycles. The molecule has 2 heterocycles. The van der Waals surface area contributed by atoms with Crippen LogP contribution in [0.15, 0.2) is 6.20 Å². The smallest absolute Gasteiger partial charge is 0.128 e. The Hall–Kier alpha value is -1.13. The van der Waals surface area contributed by atoms with Crippen molar-refractivity contribution in [3.8, 4) is 5.75 Å². The van der Waals surface area contributed by atoms with E-state index in [0.29, 0.717) is 12.5 Å². The quantitative estimate of drug-likeness (QED) is 0.902. The third kappa shape index (κ3) is 3.25.